The number of amides is 1. The van der Waals surface area contributed by atoms with E-state index >= 15 is 0 Å². The van der Waals surface area contributed by atoms with Gasteiger partial charge in [-0.15, -0.1) is 0 Å². The highest BCUT2D eigenvalue weighted by Gasteiger charge is 2.05. The van der Waals surface area contributed by atoms with Crippen molar-refractivity contribution in [1.29, 1.82) is 0 Å². The molecule has 0 aliphatic carbocycles. The van der Waals surface area contributed by atoms with Crippen LogP contribution in [0.4, 0.5) is 0 Å². The molecule has 1 amide bonds. The molecule has 0 aliphatic heterocycles. The van der Waals surface area contributed by atoms with Crippen molar-refractivity contribution < 1.29 is 9.32 Å². The Balaban J connectivity index is 1.45. The maximum Gasteiger partial charge on any atom is 0.220 e. The van der Waals surface area contributed by atoms with Gasteiger partial charge in [-0.05, 0) is 35.6 Å². The van der Waals surface area contributed by atoms with Gasteiger partial charge >= 0.3 is 0 Å². The molecule has 0 spiro atoms. The lowest BCUT2D eigenvalue weighted by atomic mass is 10.0. The Hall–Kier alpha value is -2.62. The van der Waals surface area contributed by atoms with Crippen molar-refractivity contribution in [2.45, 2.75) is 25.7 Å². The number of aryl methyl sites for hydroxylation is 2. The van der Waals surface area contributed by atoms with Crippen molar-refractivity contribution >= 4 is 16.7 Å². The van der Waals surface area contributed by atoms with E-state index in [1.807, 2.05) is 12.1 Å². The zero-order valence-corrected chi connectivity index (χ0v) is 13.0. The number of nitrogens with zero attached hydrogens (tertiary/aromatic N) is 1. The van der Waals surface area contributed by atoms with Crippen LogP contribution in [0.15, 0.2) is 59.4 Å². The Morgan fingerprint density at radius 2 is 1.96 bits per heavy atom. The third-order valence-corrected chi connectivity index (χ3v) is 3.95. The minimum Gasteiger partial charge on any atom is -0.364 e. The Bertz CT molecular complexity index is 761. The van der Waals surface area contributed by atoms with E-state index in [0.29, 0.717) is 13.0 Å². The molecule has 0 saturated heterocycles. The van der Waals surface area contributed by atoms with Crippen molar-refractivity contribution in [3.05, 3.63) is 66.1 Å². The lowest BCUT2D eigenvalue weighted by Crippen LogP contribution is -2.24. The molecule has 1 heterocycles. The van der Waals surface area contributed by atoms with Crippen LogP contribution in [0.25, 0.3) is 10.8 Å². The molecular formula is C19H20N2O2. The molecule has 0 saturated carbocycles. The lowest BCUT2D eigenvalue weighted by Gasteiger charge is -2.07. The van der Waals surface area contributed by atoms with E-state index in [1.165, 1.54) is 16.3 Å². The lowest BCUT2D eigenvalue weighted by molar-refractivity contribution is -0.121. The normalized spacial score (nSPS) is 10.8. The summed E-state index contributed by atoms with van der Waals surface area (Å²) in [5, 5.41) is 9.09. The molecule has 1 N–H and O–H groups in total. The van der Waals surface area contributed by atoms with Crippen LogP contribution in [0.3, 0.4) is 0 Å². The second-order valence-electron chi connectivity index (χ2n) is 5.62. The Kier molecular flexibility index (Phi) is 5.04. The maximum atomic E-state index is 12.0. The van der Waals surface area contributed by atoms with Crippen LogP contribution < -0.4 is 5.32 Å². The number of fused-ring (bicyclic) bond motifs is 1. The molecule has 0 fully saturated rings. The van der Waals surface area contributed by atoms with Crippen LogP contribution >= 0.6 is 0 Å². The highest BCUT2D eigenvalue weighted by molar-refractivity contribution is 5.86. The maximum absolute atomic E-state index is 12.0. The number of aromatic nitrogens is 1. The van der Waals surface area contributed by atoms with Crippen molar-refractivity contribution in [2.24, 2.45) is 0 Å². The average Bonchev–Trinajstić information content (AvgIpc) is 3.10. The van der Waals surface area contributed by atoms with Gasteiger partial charge in [0.15, 0.2) is 0 Å². The molecule has 23 heavy (non-hydrogen) atoms. The number of carbonyl (C=O) groups excluding carboxylic acids is 1. The van der Waals surface area contributed by atoms with E-state index in [1.54, 1.807) is 12.5 Å². The second-order valence-corrected chi connectivity index (χ2v) is 5.62. The quantitative estimate of drug-likeness (QED) is 0.680. The first-order chi connectivity index (χ1) is 11.3. The first-order valence-electron chi connectivity index (χ1n) is 7.94. The summed E-state index contributed by atoms with van der Waals surface area (Å²) in [6.07, 6.45) is 6.39. The summed E-state index contributed by atoms with van der Waals surface area (Å²) in [7, 11) is 0. The summed E-state index contributed by atoms with van der Waals surface area (Å²) in [4.78, 5) is 12.0. The number of nitrogens with one attached hydrogen (secondary N) is 1. The van der Waals surface area contributed by atoms with E-state index in [-0.39, 0.29) is 5.91 Å². The third kappa shape index (κ3) is 4.19. The molecule has 4 heteroatoms. The van der Waals surface area contributed by atoms with Crippen LogP contribution in [-0.2, 0) is 17.6 Å². The Morgan fingerprint density at radius 1 is 1.09 bits per heavy atom. The topological polar surface area (TPSA) is 55.1 Å². The minimum atomic E-state index is 0.100. The molecule has 4 nitrogen and oxygen atoms in total. The van der Waals surface area contributed by atoms with Gasteiger partial charge in [-0.25, -0.2) is 0 Å². The zero-order chi connectivity index (χ0) is 15.9. The van der Waals surface area contributed by atoms with Gasteiger partial charge in [0.2, 0.25) is 5.91 Å². The van der Waals surface area contributed by atoms with E-state index in [2.05, 4.69) is 40.8 Å². The van der Waals surface area contributed by atoms with Crippen LogP contribution in [0.5, 0.6) is 0 Å². The predicted molar refractivity (Wildman–Crippen MR) is 90.1 cm³/mol. The predicted octanol–water partition coefficient (Wildman–Crippen LogP) is 3.51. The number of benzene rings is 2. The smallest absolute Gasteiger partial charge is 0.220 e. The summed E-state index contributed by atoms with van der Waals surface area (Å²) in [5.41, 5.74) is 2.29. The SMILES string of the molecule is O=C(CCc1cccc2ccccc12)NCCCc1cnoc1. The van der Waals surface area contributed by atoms with Gasteiger partial charge in [0.1, 0.15) is 6.26 Å². The van der Waals surface area contributed by atoms with Gasteiger partial charge in [-0.1, -0.05) is 47.6 Å². The summed E-state index contributed by atoms with van der Waals surface area (Å²) in [6, 6.07) is 14.5. The molecule has 0 unspecified atom stereocenters. The summed E-state index contributed by atoms with van der Waals surface area (Å²) in [5.74, 6) is 0.100. The number of carbonyl (C=O) groups is 1. The van der Waals surface area contributed by atoms with Crippen LogP contribution in [-0.4, -0.2) is 17.6 Å². The first kappa shape index (κ1) is 15.3. The van der Waals surface area contributed by atoms with Crippen molar-refractivity contribution in [3.8, 4) is 0 Å². The highest BCUT2D eigenvalue weighted by atomic mass is 16.5. The van der Waals surface area contributed by atoms with Gasteiger partial charge in [-0.2, -0.15) is 0 Å². The third-order valence-electron chi connectivity index (χ3n) is 3.95. The van der Waals surface area contributed by atoms with Crippen LogP contribution in [0.1, 0.15) is 24.0 Å². The molecule has 1 aromatic heterocycles. The zero-order valence-electron chi connectivity index (χ0n) is 13.0. The van der Waals surface area contributed by atoms with E-state index in [4.69, 9.17) is 4.52 Å². The molecule has 3 aromatic rings. The number of hydrogen-bond acceptors (Lipinski definition) is 3. The van der Waals surface area contributed by atoms with E-state index in [9.17, 15) is 4.79 Å². The van der Waals surface area contributed by atoms with Gasteiger partial charge in [0.25, 0.3) is 0 Å². The number of rotatable bonds is 7. The van der Waals surface area contributed by atoms with Crippen molar-refractivity contribution in [1.82, 2.24) is 10.5 Å². The fourth-order valence-electron chi connectivity index (χ4n) is 2.72. The monoisotopic (exact) mass is 308 g/mol. The highest BCUT2D eigenvalue weighted by Crippen LogP contribution is 2.19. The van der Waals surface area contributed by atoms with Gasteiger partial charge in [-0.3, -0.25) is 4.79 Å². The van der Waals surface area contributed by atoms with Crippen LogP contribution in [0, 0.1) is 0 Å². The second kappa shape index (κ2) is 7.58. The fraction of sp³-hybridized carbons (Fsp3) is 0.263. The summed E-state index contributed by atoms with van der Waals surface area (Å²) >= 11 is 0. The summed E-state index contributed by atoms with van der Waals surface area (Å²) in [6.45, 7) is 0.680. The van der Waals surface area contributed by atoms with Crippen LogP contribution in [0.2, 0.25) is 0 Å². The fourth-order valence-corrected chi connectivity index (χ4v) is 2.72. The van der Waals surface area contributed by atoms with Crippen molar-refractivity contribution in [3.63, 3.8) is 0 Å². The first-order valence-corrected chi connectivity index (χ1v) is 7.94. The Labute approximate surface area is 135 Å². The van der Waals surface area contributed by atoms with E-state index < -0.39 is 0 Å². The summed E-state index contributed by atoms with van der Waals surface area (Å²) < 4.78 is 4.78. The standard InChI is InChI=1S/C19H20N2O2/c22-19(20-12-4-5-15-13-21-23-14-15)11-10-17-8-3-7-16-6-1-2-9-18(16)17/h1-3,6-9,13-14H,4-5,10-12H2,(H,20,22). The van der Waals surface area contributed by atoms with Gasteiger partial charge < -0.3 is 9.84 Å². The van der Waals surface area contributed by atoms with Crippen molar-refractivity contribution in [2.75, 3.05) is 6.54 Å². The molecule has 3 rings (SSSR count). The molecule has 0 radical (unpaired) electrons. The molecule has 0 aliphatic rings. The largest absolute Gasteiger partial charge is 0.364 e. The average molecular weight is 308 g/mol. The number of hydrogen-bond donors (Lipinski definition) is 1. The minimum absolute atomic E-state index is 0.100. The molecule has 0 bridgehead atoms. The molecule has 2 aromatic carbocycles. The Morgan fingerprint density at radius 3 is 2.83 bits per heavy atom. The van der Waals surface area contributed by atoms with Gasteiger partial charge in [0.05, 0.1) is 6.20 Å². The van der Waals surface area contributed by atoms with E-state index in [0.717, 1.165) is 24.8 Å². The molecular weight excluding hydrogens is 288 g/mol. The molecule has 0 atom stereocenters. The molecule has 118 valence electrons. The van der Waals surface area contributed by atoms with Gasteiger partial charge in [0, 0.05) is 18.5 Å².